The Hall–Kier alpha value is -1.20. The van der Waals surface area contributed by atoms with Crippen LogP contribution in [0.1, 0.15) is 18.3 Å². The van der Waals surface area contributed by atoms with Crippen LogP contribution in [0.4, 0.5) is 5.69 Å². The van der Waals surface area contributed by atoms with E-state index >= 15 is 0 Å². The first kappa shape index (κ1) is 15.2. The van der Waals surface area contributed by atoms with E-state index in [9.17, 15) is 0 Å². The van der Waals surface area contributed by atoms with Crippen molar-refractivity contribution in [2.75, 3.05) is 12.4 Å². The summed E-state index contributed by atoms with van der Waals surface area (Å²) < 4.78 is 8.09. The fraction of sp³-hybridized carbons (Fsp3) is 0.357. The fourth-order valence-electron chi connectivity index (χ4n) is 1.97. The first-order chi connectivity index (χ1) is 9.56. The summed E-state index contributed by atoms with van der Waals surface area (Å²) in [5.41, 5.74) is 3.12. The summed E-state index contributed by atoms with van der Waals surface area (Å²) in [5.74, 6) is 0.673. The van der Waals surface area contributed by atoms with E-state index in [2.05, 4.69) is 33.3 Å². The number of aromatic nitrogens is 2. The van der Waals surface area contributed by atoms with Crippen molar-refractivity contribution in [1.29, 1.82) is 0 Å². The highest BCUT2D eigenvalue weighted by Crippen LogP contribution is 2.28. The molecule has 0 radical (unpaired) electrons. The van der Waals surface area contributed by atoms with Crippen molar-refractivity contribution in [3.63, 3.8) is 0 Å². The molecule has 1 aromatic carbocycles. The maximum atomic E-state index is 6.11. The van der Waals surface area contributed by atoms with Crippen molar-refractivity contribution in [1.82, 2.24) is 9.78 Å². The molecule has 20 heavy (non-hydrogen) atoms. The summed E-state index contributed by atoms with van der Waals surface area (Å²) in [4.78, 5) is 0. The molecule has 108 valence electrons. The number of hydrogen-bond donors (Lipinski definition) is 1. The van der Waals surface area contributed by atoms with E-state index < -0.39 is 0 Å². The molecule has 6 heteroatoms. The smallest absolute Gasteiger partial charge is 0.137 e. The molecular weight excluding hydrogens is 342 g/mol. The van der Waals surface area contributed by atoms with E-state index in [1.807, 2.05) is 29.9 Å². The molecule has 0 saturated heterocycles. The Kier molecular flexibility index (Phi) is 4.94. The van der Waals surface area contributed by atoms with Crippen LogP contribution in [0, 0.1) is 0 Å². The van der Waals surface area contributed by atoms with Crippen molar-refractivity contribution >= 4 is 33.2 Å². The molecule has 2 rings (SSSR count). The standard InChI is InChI=1S/C14H17BrClN3O/c1-4-11-14(15)12(19(2)18-11)8-17-9-5-6-13(20-3)10(16)7-9/h5-7,17H,4,8H2,1-3H3. The number of aryl methyl sites for hydroxylation is 2. The molecule has 0 unspecified atom stereocenters. The highest BCUT2D eigenvalue weighted by atomic mass is 79.9. The SMILES string of the molecule is CCc1nn(C)c(CNc2ccc(OC)c(Cl)c2)c1Br. The molecule has 2 aromatic rings. The van der Waals surface area contributed by atoms with Crippen molar-refractivity contribution in [2.45, 2.75) is 19.9 Å². The van der Waals surface area contributed by atoms with Crippen molar-refractivity contribution < 1.29 is 4.74 Å². The van der Waals surface area contributed by atoms with Gasteiger partial charge in [-0.05, 0) is 40.5 Å². The largest absolute Gasteiger partial charge is 0.495 e. The van der Waals surface area contributed by atoms with Gasteiger partial charge in [0.05, 0.1) is 34.5 Å². The molecule has 0 atom stereocenters. The third kappa shape index (κ3) is 3.10. The molecule has 0 spiro atoms. The lowest BCUT2D eigenvalue weighted by Gasteiger charge is -2.09. The summed E-state index contributed by atoms with van der Waals surface area (Å²) >= 11 is 9.71. The van der Waals surface area contributed by atoms with Crippen LogP contribution >= 0.6 is 27.5 Å². The number of anilines is 1. The summed E-state index contributed by atoms with van der Waals surface area (Å²) in [6, 6.07) is 5.64. The van der Waals surface area contributed by atoms with Gasteiger partial charge in [-0.25, -0.2) is 0 Å². The van der Waals surface area contributed by atoms with E-state index in [1.54, 1.807) is 7.11 Å². The molecule has 1 aromatic heterocycles. The molecule has 1 heterocycles. The Balaban J connectivity index is 2.13. The molecule has 0 bridgehead atoms. The molecule has 0 saturated carbocycles. The average Bonchev–Trinajstić information content (AvgIpc) is 2.71. The second-order valence-corrected chi connectivity index (χ2v) is 5.59. The zero-order valence-electron chi connectivity index (χ0n) is 11.7. The Morgan fingerprint density at radius 1 is 1.45 bits per heavy atom. The third-order valence-electron chi connectivity index (χ3n) is 3.11. The molecule has 4 nitrogen and oxygen atoms in total. The Labute approximate surface area is 132 Å². The maximum Gasteiger partial charge on any atom is 0.137 e. The number of rotatable bonds is 5. The number of nitrogens with zero attached hydrogens (tertiary/aromatic N) is 2. The summed E-state index contributed by atoms with van der Waals surface area (Å²) in [5, 5.41) is 8.40. The van der Waals surface area contributed by atoms with E-state index in [1.165, 1.54) is 0 Å². The highest BCUT2D eigenvalue weighted by Gasteiger charge is 2.12. The number of methoxy groups -OCH3 is 1. The van der Waals surface area contributed by atoms with E-state index in [0.717, 1.165) is 28.0 Å². The maximum absolute atomic E-state index is 6.11. The van der Waals surface area contributed by atoms with Gasteiger partial charge in [0, 0.05) is 12.7 Å². The summed E-state index contributed by atoms with van der Waals surface area (Å²) in [7, 11) is 3.55. The van der Waals surface area contributed by atoms with Crippen LogP contribution in [0.2, 0.25) is 5.02 Å². The summed E-state index contributed by atoms with van der Waals surface area (Å²) in [6.45, 7) is 2.76. The Morgan fingerprint density at radius 2 is 2.20 bits per heavy atom. The van der Waals surface area contributed by atoms with E-state index in [4.69, 9.17) is 16.3 Å². The van der Waals surface area contributed by atoms with Gasteiger partial charge < -0.3 is 10.1 Å². The summed E-state index contributed by atoms with van der Waals surface area (Å²) in [6.07, 6.45) is 0.906. The normalized spacial score (nSPS) is 10.7. The Bertz CT molecular complexity index is 613. The molecule has 1 N–H and O–H groups in total. The first-order valence-electron chi connectivity index (χ1n) is 6.34. The minimum Gasteiger partial charge on any atom is -0.495 e. The van der Waals surface area contributed by atoms with Gasteiger partial charge in [-0.2, -0.15) is 5.10 Å². The topological polar surface area (TPSA) is 39.1 Å². The van der Waals surface area contributed by atoms with Gasteiger partial charge in [0.2, 0.25) is 0 Å². The monoisotopic (exact) mass is 357 g/mol. The lowest BCUT2D eigenvalue weighted by Crippen LogP contribution is -2.06. The van der Waals surface area contributed by atoms with Gasteiger partial charge in [0.1, 0.15) is 5.75 Å². The minimum absolute atomic E-state index is 0.593. The van der Waals surface area contributed by atoms with Crippen LogP contribution in [0.25, 0.3) is 0 Å². The van der Waals surface area contributed by atoms with Gasteiger partial charge in [-0.15, -0.1) is 0 Å². The molecule has 0 amide bonds. The minimum atomic E-state index is 0.593. The lowest BCUT2D eigenvalue weighted by atomic mass is 10.2. The number of nitrogens with one attached hydrogen (secondary N) is 1. The van der Waals surface area contributed by atoms with Crippen LogP contribution in [0.5, 0.6) is 5.75 Å². The van der Waals surface area contributed by atoms with Crippen molar-refractivity contribution in [3.05, 3.63) is 39.1 Å². The van der Waals surface area contributed by atoms with Crippen LogP contribution in [-0.2, 0) is 20.0 Å². The first-order valence-corrected chi connectivity index (χ1v) is 7.51. The Morgan fingerprint density at radius 3 is 2.75 bits per heavy atom. The second-order valence-electron chi connectivity index (χ2n) is 4.39. The van der Waals surface area contributed by atoms with Gasteiger partial charge >= 0.3 is 0 Å². The van der Waals surface area contributed by atoms with Crippen LogP contribution in [0.3, 0.4) is 0 Å². The number of halogens is 2. The van der Waals surface area contributed by atoms with Gasteiger partial charge in [0.25, 0.3) is 0 Å². The number of benzene rings is 1. The van der Waals surface area contributed by atoms with E-state index in [-0.39, 0.29) is 0 Å². The molecule has 0 fully saturated rings. The van der Waals surface area contributed by atoms with Crippen molar-refractivity contribution in [3.8, 4) is 5.75 Å². The number of ether oxygens (including phenoxy) is 1. The quantitative estimate of drug-likeness (QED) is 0.877. The molecule has 0 aliphatic carbocycles. The van der Waals surface area contributed by atoms with Gasteiger partial charge in [-0.3, -0.25) is 4.68 Å². The third-order valence-corrected chi connectivity index (χ3v) is 4.33. The molecule has 0 aliphatic heterocycles. The lowest BCUT2D eigenvalue weighted by molar-refractivity contribution is 0.415. The van der Waals surface area contributed by atoms with E-state index in [0.29, 0.717) is 17.3 Å². The zero-order valence-corrected chi connectivity index (χ0v) is 14.0. The van der Waals surface area contributed by atoms with Crippen molar-refractivity contribution in [2.24, 2.45) is 7.05 Å². The highest BCUT2D eigenvalue weighted by molar-refractivity contribution is 9.10. The zero-order chi connectivity index (χ0) is 14.7. The van der Waals surface area contributed by atoms with Crippen LogP contribution in [0.15, 0.2) is 22.7 Å². The predicted molar refractivity (Wildman–Crippen MR) is 85.6 cm³/mol. The average molecular weight is 359 g/mol. The second kappa shape index (κ2) is 6.50. The van der Waals surface area contributed by atoms with Crippen LogP contribution in [-0.4, -0.2) is 16.9 Å². The van der Waals surface area contributed by atoms with Crippen LogP contribution < -0.4 is 10.1 Å². The fourth-order valence-corrected chi connectivity index (χ4v) is 2.99. The molecule has 0 aliphatic rings. The number of hydrogen-bond acceptors (Lipinski definition) is 3. The van der Waals surface area contributed by atoms with Gasteiger partial charge in [0.15, 0.2) is 0 Å². The van der Waals surface area contributed by atoms with Gasteiger partial charge in [-0.1, -0.05) is 18.5 Å². The molecular formula is C14H17BrClN3O. The predicted octanol–water partition coefficient (Wildman–Crippen LogP) is 4.02.